The zero-order valence-corrected chi connectivity index (χ0v) is 32.2. The number of fused-ring (bicyclic) bond motifs is 8. The lowest BCUT2D eigenvalue weighted by Crippen LogP contribution is -2.28. The van der Waals surface area contributed by atoms with E-state index in [4.69, 9.17) is 0 Å². The second-order valence-corrected chi connectivity index (χ2v) is 16.0. The van der Waals surface area contributed by atoms with Gasteiger partial charge in [0.05, 0.1) is 11.1 Å². The molecule has 0 fully saturated rings. The van der Waals surface area contributed by atoms with E-state index in [0.29, 0.717) is 0 Å². The van der Waals surface area contributed by atoms with Crippen LogP contribution in [0.4, 0.5) is 17.1 Å². The summed E-state index contributed by atoms with van der Waals surface area (Å²) in [6.07, 6.45) is 0. The molecule has 270 valence electrons. The molecule has 0 aromatic heterocycles. The van der Waals surface area contributed by atoms with Gasteiger partial charge >= 0.3 is 0 Å². The first kappa shape index (κ1) is 33.4. The van der Waals surface area contributed by atoms with Crippen LogP contribution in [0.15, 0.2) is 212 Å². The molecule has 0 unspecified atom stereocenters. The molecule has 0 saturated heterocycles. The second kappa shape index (κ2) is 12.8. The Balaban J connectivity index is 1.21. The van der Waals surface area contributed by atoms with Crippen LogP contribution in [-0.4, -0.2) is 0 Å². The van der Waals surface area contributed by atoms with Crippen molar-refractivity contribution in [2.75, 3.05) is 4.90 Å². The Morgan fingerprint density at radius 2 is 0.895 bits per heavy atom. The number of hydrogen-bond acceptors (Lipinski definition) is 1. The van der Waals surface area contributed by atoms with Crippen LogP contribution in [0.5, 0.6) is 0 Å². The highest BCUT2D eigenvalue weighted by atomic mass is 15.1. The van der Waals surface area contributed by atoms with Gasteiger partial charge < -0.3 is 4.90 Å². The van der Waals surface area contributed by atoms with Crippen LogP contribution in [0.25, 0.3) is 44.2 Å². The third-order valence-corrected chi connectivity index (χ3v) is 12.7. The average Bonchev–Trinajstić information content (AvgIpc) is 3.70. The predicted molar refractivity (Wildman–Crippen MR) is 239 cm³/mol. The molecule has 9 aromatic carbocycles. The predicted octanol–water partition coefficient (Wildman–Crippen LogP) is 14.6. The van der Waals surface area contributed by atoms with E-state index in [1.807, 2.05) is 0 Å². The molecule has 0 heterocycles. The van der Waals surface area contributed by atoms with Crippen molar-refractivity contribution in [1.82, 2.24) is 0 Å². The van der Waals surface area contributed by atoms with Gasteiger partial charge in [-0.25, -0.2) is 0 Å². The summed E-state index contributed by atoms with van der Waals surface area (Å²) < 4.78 is 0. The van der Waals surface area contributed by atoms with Gasteiger partial charge in [0.25, 0.3) is 0 Å². The molecular formula is C56H41N. The van der Waals surface area contributed by atoms with Crippen molar-refractivity contribution in [2.45, 2.75) is 24.7 Å². The third-order valence-electron chi connectivity index (χ3n) is 12.7. The van der Waals surface area contributed by atoms with Crippen LogP contribution in [0.3, 0.4) is 0 Å². The Kier molecular flexibility index (Phi) is 7.50. The Morgan fingerprint density at radius 1 is 0.368 bits per heavy atom. The highest BCUT2D eigenvalue weighted by Gasteiger charge is 2.46. The first-order valence-corrected chi connectivity index (χ1v) is 20.0. The molecule has 1 nitrogen and oxygen atoms in total. The molecule has 2 aliphatic carbocycles. The number of benzene rings is 9. The van der Waals surface area contributed by atoms with Crippen molar-refractivity contribution in [3.8, 4) is 33.4 Å². The zero-order valence-electron chi connectivity index (χ0n) is 32.2. The van der Waals surface area contributed by atoms with Crippen molar-refractivity contribution >= 4 is 27.8 Å². The molecule has 0 aliphatic heterocycles. The molecule has 0 amide bonds. The van der Waals surface area contributed by atoms with E-state index in [9.17, 15) is 0 Å². The van der Waals surface area contributed by atoms with E-state index in [0.717, 1.165) is 11.4 Å². The largest absolute Gasteiger partial charge is 0.310 e. The average molecular weight is 728 g/mol. The van der Waals surface area contributed by atoms with Crippen molar-refractivity contribution in [3.05, 3.63) is 246 Å². The second-order valence-electron chi connectivity index (χ2n) is 16.0. The van der Waals surface area contributed by atoms with Crippen LogP contribution >= 0.6 is 0 Å². The fourth-order valence-electron chi connectivity index (χ4n) is 10.2. The SMILES string of the molecule is CC1(C)c2ccccc2-c2ccc3cccc(N(c4ccc(-c5ccccc5)cc4)c4ccc5c(c4)C(c4ccccc4)(c4ccccc4)c4ccccc4-5)c3c21. The summed E-state index contributed by atoms with van der Waals surface area (Å²) in [4.78, 5) is 2.51. The van der Waals surface area contributed by atoms with Crippen molar-refractivity contribution < 1.29 is 0 Å². The van der Waals surface area contributed by atoms with E-state index in [-0.39, 0.29) is 5.41 Å². The number of nitrogens with zero attached hydrogens (tertiary/aromatic N) is 1. The maximum Gasteiger partial charge on any atom is 0.0714 e. The summed E-state index contributed by atoms with van der Waals surface area (Å²) in [5, 5.41) is 2.54. The van der Waals surface area contributed by atoms with Crippen LogP contribution in [0.1, 0.15) is 47.2 Å². The highest BCUT2D eigenvalue weighted by Crippen LogP contribution is 2.58. The molecule has 2 aliphatic rings. The van der Waals surface area contributed by atoms with Gasteiger partial charge in [-0.15, -0.1) is 0 Å². The standard InChI is InChI=1S/C56H41N/c1-55(2)49-26-14-12-25-46(49)48-35-31-40-19-16-28-52(53(40)54(48)55)57(43-32-29-39(30-33-43)38-17-6-3-7-18-38)44-34-36-47-45-24-13-15-27-50(45)56(51(47)37-44,41-20-8-4-9-21-41)42-22-10-5-11-23-42/h3-37H,1-2H3. The van der Waals surface area contributed by atoms with Crippen LogP contribution in [-0.2, 0) is 10.8 Å². The van der Waals surface area contributed by atoms with Crippen LogP contribution in [0.2, 0.25) is 0 Å². The van der Waals surface area contributed by atoms with Gasteiger partial charge in [-0.1, -0.05) is 196 Å². The Labute approximate surface area is 335 Å². The Morgan fingerprint density at radius 3 is 1.58 bits per heavy atom. The summed E-state index contributed by atoms with van der Waals surface area (Å²) in [7, 11) is 0. The third kappa shape index (κ3) is 4.89. The molecule has 0 spiro atoms. The lowest BCUT2D eigenvalue weighted by molar-refractivity contribution is 0.666. The van der Waals surface area contributed by atoms with Gasteiger partial charge in [0, 0.05) is 22.2 Å². The van der Waals surface area contributed by atoms with E-state index in [2.05, 4.69) is 231 Å². The molecular weight excluding hydrogens is 687 g/mol. The smallest absolute Gasteiger partial charge is 0.0714 e. The van der Waals surface area contributed by atoms with Gasteiger partial charge in [-0.3, -0.25) is 0 Å². The minimum absolute atomic E-state index is 0.181. The Bertz CT molecular complexity index is 2920. The van der Waals surface area contributed by atoms with Gasteiger partial charge in [0.1, 0.15) is 0 Å². The first-order chi connectivity index (χ1) is 28.0. The summed E-state index contributed by atoms with van der Waals surface area (Å²) in [6, 6.07) is 78.7. The van der Waals surface area contributed by atoms with Crippen molar-refractivity contribution in [2.24, 2.45) is 0 Å². The maximum atomic E-state index is 2.51. The number of rotatable bonds is 6. The van der Waals surface area contributed by atoms with E-state index >= 15 is 0 Å². The van der Waals surface area contributed by atoms with Crippen LogP contribution in [0, 0.1) is 0 Å². The highest BCUT2D eigenvalue weighted by molar-refractivity contribution is 6.07. The molecule has 0 atom stereocenters. The van der Waals surface area contributed by atoms with Crippen LogP contribution < -0.4 is 4.90 Å². The Hall–Kier alpha value is -6.96. The van der Waals surface area contributed by atoms with E-state index < -0.39 is 5.41 Å². The number of anilines is 3. The zero-order chi connectivity index (χ0) is 38.1. The molecule has 1 heteroatoms. The summed E-state index contributed by atoms with van der Waals surface area (Å²) in [5.41, 5.74) is 18.3. The lowest BCUT2D eigenvalue weighted by Gasteiger charge is -2.35. The summed E-state index contributed by atoms with van der Waals surface area (Å²) in [5.74, 6) is 0. The topological polar surface area (TPSA) is 3.24 Å². The van der Waals surface area contributed by atoms with Gasteiger partial charge in [0.15, 0.2) is 0 Å². The molecule has 0 bridgehead atoms. The van der Waals surface area contributed by atoms with Gasteiger partial charge in [-0.2, -0.15) is 0 Å². The minimum Gasteiger partial charge on any atom is -0.310 e. The molecule has 9 aromatic rings. The van der Waals surface area contributed by atoms with Gasteiger partial charge in [-0.05, 0) is 102 Å². The number of hydrogen-bond donors (Lipinski definition) is 0. The normalized spacial score (nSPS) is 14.1. The monoisotopic (exact) mass is 727 g/mol. The molecule has 0 N–H and O–H groups in total. The summed E-state index contributed by atoms with van der Waals surface area (Å²) in [6.45, 7) is 4.79. The van der Waals surface area contributed by atoms with Crippen molar-refractivity contribution in [1.29, 1.82) is 0 Å². The van der Waals surface area contributed by atoms with Crippen molar-refractivity contribution in [3.63, 3.8) is 0 Å². The quantitative estimate of drug-likeness (QED) is 0.165. The minimum atomic E-state index is -0.503. The molecule has 57 heavy (non-hydrogen) atoms. The van der Waals surface area contributed by atoms with E-state index in [1.165, 1.54) is 83.2 Å². The maximum absolute atomic E-state index is 2.51. The lowest BCUT2D eigenvalue weighted by atomic mass is 9.67. The van der Waals surface area contributed by atoms with E-state index in [1.54, 1.807) is 0 Å². The molecule has 0 radical (unpaired) electrons. The fourth-order valence-corrected chi connectivity index (χ4v) is 10.2. The molecule has 0 saturated carbocycles. The van der Waals surface area contributed by atoms with Gasteiger partial charge in [0.2, 0.25) is 0 Å². The fraction of sp³-hybridized carbons (Fsp3) is 0.0714. The first-order valence-electron chi connectivity index (χ1n) is 20.0. The summed E-state index contributed by atoms with van der Waals surface area (Å²) >= 11 is 0. The molecule has 11 rings (SSSR count).